The lowest BCUT2D eigenvalue weighted by Gasteiger charge is -2.34. The molecule has 36 heavy (non-hydrogen) atoms. The monoisotopic (exact) mass is 521 g/mol. The number of ether oxygens (including phenoxy) is 2. The molecular weight excluding hydrogens is 474 g/mol. The van der Waals surface area contributed by atoms with Crippen molar-refractivity contribution in [2.75, 3.05) is 26.3 Å². The Morgan fingerprint density at radius 3 is 1.81 bits per heavy atom. The number of hydrogen-bond donors (Lipinski definition) is 2. The molecular formula is C27H47F4N3O2. The first kappa shape index (κ1) is 32.6. The summed E-state index contributed by atoms with van der Waals surface area (Å²) >= 11 is 0. The molecule has 0 bridgehead atoms. The molecule has 0 unspecified atom stereocenters. The topological polar surface area (TPSA) is 55.4 Å². The van der Waals surface area contributed by atoms with E-state index in [0.717, 1.165) is 5.69 Å². The van der Waals surface area contributed by atoms with Crippen LogP contribution in [-0.4, -0.2) is 59.8 Å². The van der Waals surface area contributed by atoms with Gasteiger partial charge < -0.3 is 20.1 Å². The maximum Gasteiger partial charge on any atom is 0.293 e. The van der Waals surface area contributed by atoms with E-state index in [2.05, 4.69) is 15.6 Å². The van der Waals surface area contributed by atoms with Gasteiger partial charge >= 0.3 is 0 Å². The van der Waals surface area contributed by atoms with E-state index in [4.69, 9.17) is 9.47 Å². The average Bonchev–Trinajstić information content (AvgIpc) is 2.72. The van der Waals surface area contributed by atoms with Crippen molar-refractivity contribution in [3.05, 3.63) is 24.0 Å². The zero-order chi connectivity index (χ0) is 28.1. The van der Waals surface area contributed by atoms with Gasteiger partial charge in [0.2, 0.25) is 0 Å². The van der Waals surface area contributed by atoms with Gasteiger partial charge in [-0.05, 0) is 73.4 Å². The van der Waals surface area contributed by atoms with E-state index >= 15 is 0 Å². The second kappa shape index (κ2) is 11.9. The smallest absolute Gasteiger partial charge is 0.293 e. The molecule has 1 aromatic heterocycles. The van der Waals surface area contributed by atoms with Crippen LogP contribution in [0, 0.1) is 0 Å². The summed E-state index contributed by atoms with van der Waals surface area (Å²) in [7, 11) is 0. The van der Waals surface area contributed by atoms with E-state index in [1.165, 1.54) is 6.20 Å². The number of alkyl halides is 4. The summed E-state index contributed by atoms with van der Waals surface area (Å²) in [5, 5.41) is 5.68. The van der Waals surface area contributed by atoms with Crippen LogP contribution in [0.5, 0.6) is 5.75 Å². The summed E-state index contributed by atoms with van der Waals surface area (Å²) < 4.78 is 68.1. The van der Waals surface area contributed by atoms with Crippen molar-refractivity contribution in [1.29, 1.82) is 0 Å². The third kappa shape index (κ3) is 13.7. The maximum absolute atomic E-state index is 14.5. The number of halogens is 4. The molecule has 0 radical (unpaired) electrons. The van der Waals surface area contributed by atoms with Crippen LogP contribution in [0.2, 0.25) is 0 Å². The molecule has 1 aromatic rings. The Morgan fingerprint density at radius 2 is 1.31 bits per heavy atom. The molecule has 0 saturated heterocycles. The van der Waals surface area contributed by atoms with E-state index in [1.54, 1.807) is 39.8 Å². The molecule has 0 amide bonds. The summed E-state index contributed by atoms with van der Waals surface area (Å²) in [6.45, 7) is 16.0. The van der Waals surface area contributed by atoms with Crippen molar-refractivity contribution in [1.82, 2.24) is 15.6 Å². The number of aromatic nitrogens is 1. The second-order valence-electron chi connectivity index (χ2n) is 13.0. The molecule has 5 nitrogen and oxygen atoms in total. The number of nitrogens with one attached hydrogen (secondary N) is 2. The van der Waals surface area contributed by atoms with Crippen molar-refractivity contribution >= 4 is 0 Å². The van der Waals surface area contributed by atoms with Crippen LogP contribution in [0.4, 0.5) is 17.6 Å². The predicted molar refractivity (Wildman–Crippen MR) is 137 cm³/mol. The third-order valence-electron chi connectivity index (χ3n) is 5.68. The van der Waals surface area contributed by atoms with Gasteiger partial charge in [0.15, 0.2) is 6.61 Å². The second-order valence-corrected chi connectivity index (χ2v) is 13.0. The Bertz CT molecular complexity index is 799. The summed E-state index contributed by atoms with van der Waals surface area (Å²) in [5.74, 6) is -5.83. The molecule has 0 saturated carbocycles. The van der Waals surface area contributed by atoms with Gasteiger partial charge in [0.25, 0.3) is 11.8 Å². The van der Waals surface area contributed by atoms with Gasteiger partial charge in [-0.3, -0.25) is 4.98 Å². The van der Waals surface area contributed by atoms with Gasteiger partial charge in [0.05, 0.1) is 24.9 Å². The summed E-state index contributed by atoms with van der Waals surface area (Å²) in [5.41, 5.74) is -1.20. The quantitative estimate of drug-likeness (QED) is 0.279. The standard InChI is InChI=1S/C27H47F4N3O2/c1-22(2,3)21-12-11-20(15-32-21)35-18-26(28,29)17-34-24(7,8)13-14-25(9,10)36-19-27(30,31)16-33-23(4,5)6/h11-12,15,33-34H,13-14,16-19H2,1-10H3. The van der Waals surface area contributed by atoms with Gasteiger partial charge in [-0.1, -0.05) is 20.8 Å². The van der Waals surface area contributed by atoms with Crippen molar-refractivity contribution in [3.8, 4) is 5.75 Å². The SMILES string of the molecule is CC(C)(C)NCC(F)(F)COC(C)(C)CCC(C)(C)NCC(F)(F)COc1ccc(C(C)(C)C)nc1. The predicted octanol–water partition coefficient (Wildman–Crippen LogP) is 6.36. The lowest BCUT2D eigenvalue weighted by atomic mass is 9.91. The van der Waals surface area contributed by atoms with Crippen molar-refractivity contribution in [2.24, 2.45) is 0 Å². The van der Waals surface area contributed by atoms with E-state index in [9.17, 15) is 17.6 Å². The van der Waals surface area contributed by atoms with Gasteiger partial charge in [0, 0.05) is 22.2 Å². The van der Waals surface area contributed by atoms with Crippen molar-refractivity contribution in [2.45, 2.75) is 116 Å². The molecule has 9 heteroatoms. The third-order valence-corrected chi connectivity index (χ3v) is 5.68. The van der Waals surface area contributed by atoms with Crippen molar-refractivity contribution in [3.63, 3.8) is 0 Å². The van der Waals surface area contributed by atoms with Crippen LogP contribution in [0.1, 0.15) is 87.8 Å². The zero-order valence-electron chi connectivity index (χ0n) is 23.8. The zero-order valence-corrected chi connectivity index (χ0v) is 23.8. The van der Waals surface area contributed by atoms with Crippen LogP contribution >= 0.6 is 0 Å². The highest BCUT2D eigenvalue weighted by atomic mass is 19.3. The van der Waals surface area contributed by atoms with Crippen LogP contribution in [0.3, 0.4) is 0 Å². The molecule has 0 aliphatic carbocycles. The lowest BCUT2D eigenvalue weighted by Crippen LogP contribution is -2.49. The summed E-state index contributed by atoms with van der Waals surface area (Å²) in [6, 6.07) is 3.42. The maximum atomic E-state index is 14.5. The van der Waals surface area contributed by atoms with Crippen LogP contribution < -0.4 is 15.4 Å². The molecule has 0 spiro atoms. The summed E-state index contributed by atoms with van der Waals surface area (Å²) in [6.07, 6.45) is 2.34. The Hall–Kier alpha value is -1.45. The molecule has 0 atom stereocenters. The van der Waals surface area contributed by atoms with Crippen molar-refractivity contribution < 1.29 is 27.0 Å². The molecule has 0 fully saturated rings. The van der Waals surface area contributed by atoms with E-state index in [-0.39, 0.29) is 11.2 Å². The number of nitrogens with zero attached hydrogens (tertiary/aromatic N) is 1. The summed E-state index contributed by atoms with van der Waals surface area (Å²) in [4.78, 5) is 4.29. The molecule has 0 aliphatic rings. The number of rotatable bonds is 14. The van der Waals surface area contributed by atoms with Gasteiger partial charge in [-0.15, -0.1) is 0 Å². The van der Waals surface area contributed by atoms with Gasteiger partial charge in [0.1, 0.15) is 12.4 Å². The molecule has 0 aliphatic heterocycles. The highest BCUT2D eigenvalue weighted by Crippen LogP contribution is 2.27. The highest BCUT2D eigenvalue weighted by Gasteiger charge is 2.36. The number of pyridine rings is 1. The fraction of sp³-hybridized carbons (Fsp3) is 0.815. The lowest BCUT2D eigenvalue weighted by molar-refractivity contribution is -0.130. The first-order valence-corrected chi connectivity index (χ1v) is 12.5. The largest absolute Gasteiger partial charge is 0.486 e. The molecule has 0 aromatic carbocycles. The Kier molecular flexibility index (Phi) is 10.8. The molecule has 2 N–H and O–H groups in total. The molecule has 1 heterocycles. The Labute approximate surface area is 215 Å². The first-order valence-electron chi connectivity index (χ1n) is 12.5. The van der Waals surface area contributed by atoms with Crippen LogP contribution in [0.15, 0.2) is 18.3 Å². The molecule has 1 rings (SSSR count). The normalized spacial score (nSPS) is 14.3. The Morgan fingerprint density at radius 1 is 0.750 bits per heavy atom. The Balaban J connectivity index is 2.49. The van der Waals surface area contributed by atoms with Gasteiger partial charge in [-0.2, -0.15) is 0 Å². The minimum atomic E-state index is -3.10. The number of hydrogen-bond acceptors (Lipinski definition) is 5. The fourth-order valence-corrected chi connectivity index (χ4v) is 3.04. The average molecular weight is 522 g/mol. The van der Waals surface area contributed by atoms with E-state index in [0.29, 0.717) is 12.8 Å². The minimum absolute atomic E-state index is 0.137. The van der Waals surface area contributed by atoms with E-state index in [1.807, 2.05) is 41.5 Å². The fourth-order valence-electron chi connectivity index (χ4n) is 3.04. The van der Waals surface area contributed by atoms with Gasteiger partial charge in [-0.25, -0.2) is 17.6 Å². The molecule has 210 valence electrons. The minimum Gasteiger partial charge on any atom is -0.486 e. The highest BCUT2D eigenvalue weighted by molar-refractivity contribution is 5.23. The van der Waals surface area contributed by atoms with Crippen LogP contribution in [0.25, 0.3) is 0 Å². The first-order chi connectivity index (χ1) is 16.0. The van der Waals surface area contributed by atoms with E-state index < -0.39 is 54.8 Å². The van der Waals surface area contributed by atoms with Crippen LogP contribution in [-0.2, 0) is 10.2 Å².